The van der Waals surface area contributed by atoms with Crippen molar-refractivity contribution in [3.63, 3.8) is 0 Å². The van der Waals surface area contributed by atoms with Crippen molar-refractivity contribution in [1.29, 1.82) is 0 Å². The first-order valence-electron chi connectivity index (χ1n) is 5.41. The van der Waals surface area contributed by atoms with Crippen LogP contribution in [0, 0.1) is 0 Å². The molecule has 0 radical (unpaired) electrons. The van der Waals surface area contributed by atoms with Gasteiger partial charge in [-0.2, -0.15) is 0 Å². The molecule has 0 amide bonds. The minimum Gasteiger partial charge on any atom is -0.349 e. The third-order valence-corrected chi connectivity index (χ3v) is 3.32. The molecule has 1 aromatic rings. The zero-order valence-electron chi connectivity index (χ0n) is 10.4. The van der Waals surface area contributed by atoms with Crippen LogP contribution in [0.3, 0.4) is 0 Å². The molecule has 1 atom stereocenters. The Morgan fingerprint density at radius 2 is 1.69 bits per heavy atom. The van der Waals surface area contributed by atoms with Crippen molar-refractivity contribution in [3.05, 3.63) is 35.9 Å². The molecule has 1 aromatic carbocycles. The van der Waals surface area contributed by atoms with Crippen LogP contribution in [0.1, 0.15) is 26.3 Å². The van der Waals surface area contributed by atoms with Crippen LogP contribution >= 0.6 is 12.4 Å². The first-order chi connectivity index (χ1) is 6.94. The van der Waals surface area contributed by atoms with Gasteiger partial charge in [-0.15, -0.1) is 12.4 Å². The number of nitrogens with zero attached hydrogens (tertiary/aromatic N) is 1. The molecule has 1 heterocycles. The summed E-state index contributed by atoms with van der Waals surface area (Å²) in [6.45, 7) is 7.32. The Kier molecular flexibility index (Phi) is 3.68. The zero-order chi connectivity index (χ0) is 11.1. The molecular weight excluding hydrogens is 222 g/mol. The first-order valence-corrected chi connectivity index (χ1v) is 5.41. The molecule has 3 heteroatoms. The van der Waals surface area contributed by atoms with E-state index in [0.29, 0.717) is 0 Å². The Labute approximate surface area is 104 Å². The van der Waals surface area contributed by atoms with Gasteiger partial charge in [-0.05, 0) is 33.4 Å². The van der Waals surface area contributed by atoms with Gasteiger partial charge in [0, 0.05) is 6.54 Å². The van der Waals surface area contributed by atoms with Gasteiger partial charge in [0.15, 0.2) is 0 Å². The summed E-state index contributed by atoms with van der Waals surface area (Å²) in [4.78, 5) is 2.25. The minimum absolute atomic E-state index is 0. The minimum atomic E-state index is -0.181. The third-order valence-electron chi connectivity index (χ3n) is 3.32. The van der Waals surface area contributed by atoms with Gasteiger partial charge >= 0.3 is 0 Å². The molecule has 16 heavy (non-hydrogen) atoms. The summed E-state index contributed by atoms with van der Waals surface area (Å²) in [5, 5.41) is 0. The molecule has 1 unspecified atom stereocenters. The molecule has 2 nitrogen and oxygen atoms in total. The van der Waals surface area contributed by atoms with Crippen LogP contribution in [-0.2, 0) is 10.3 Å². The monoisotopic (exact) mass is 241 g/mol. The van der Waals surface area contributed by atoms with Gasteiger partial charge in [0.25, 0.3) is 0 Å². The first kappa shape index (κ1) is 13.5. The van der Waals surface area contributed by atoms with E-state index in [4.69, 9.17) is 4.74 Å². The normalized spacial score (nSPS) is 28.8. The topological polar surface area (TPSA) is 12.5 Å². The summed E-state index contributed by atoms with van der Waals surface area (Å²) in [5.41, 5.74) is 0.895. The van der Waals surface area contributed by atoms with Crippen LogP contribution in [0.2, 0.25) is 0 Å². The van der Waals surface area contributed by atoms with Crippen molar-refractivity contribution >= 4 is 12.4 Å². The molecule has 2 rings (SSSR count). The zero-order valence-corrected chi connectivity index (χ0v) is 11.2. The lowest BCUT2D eigenvalue weighted by atomic mass is 9.96. The van der Waals surface area contributed by atoms with E-state index in [1.54, 1.807) is 0 Å². The SMILES string of the molecule is CN1CC(C)(c2ccccc2)OC1(C)C.Cl. The lowest BCUT2D eigenvalue weighted by molar-refractivity contribution is -0.109. The molecule has 0 N–H and O–H groups in total. The van der Waals surface area contributed by atoms with E-state index in [1.807, 2.05) is 6.07 Å². The lowest BCUT2D eigenvalue weighted by Crippen LogP contribution is -2.35. The molecule has 0 aliphatic carbocycles. The van der Waals surface area contributed by atoms with Crippen LogP contribution in [-0.4, -0.2) is 24.2 Å². The summed E-state index contributed by atoms with van der Waals surface area (Å²) in [6, 6.07) is 10.4. The molecule has 0 saturated carbocycles. The maximum Gasteiger partial charge on any atom is 0.117 e. The smallest absolute Gasteiger partial charge is 0.117 e. The second-order valence-corrected chi connectivity index (χ2v) is 5.00. The van der Waals surface area contributed by atoms with Gasteiger partial charge < -0.3 is 4.74 Å². The van der Waals surface area contributed by atoms with Crippen LogP contribution < -0.4 is 0 Å². The van der Waals surface area contributed by atoms with Crippen molar-refractivity contribution in [3.8, 4) is 0 Å². The molecule has 90 valence electrons. The largest absolute Gasteiger partial charge is 0.349 e. The maximum atomic E-state index is 6.16. The van der Waals surface area contributed by atoms with E-state index >= 15 is 0 Å². The Morgan fingerprint density at radius 3 is 2.12 bits per heavy atom. The number of rotatable bonds is 1. The molecular formula is C13H20ClNO. The summed E-state index contributed by atoms with van der Waals surface area (Å²) in [7, 11) is 2.11. The van der Waals surface area contributed by atoms with Gasteiger partial charge in [0.1, 0.15) is 11.3 Å². The predicted molar refractivity (Wildman–Crippen MR) is 68.8 cm³/mol. The quantitative estimate of drug-likeness (QED) is 0.750. The van der Waals surface area contributed by atoms with Gasteiger partial charge in [-0.1, -0.05) is 30.3 Å². The average molecular weight is 242 g/mol. The van der Waals surface area contributed by atoms with Crippen LogP contribution in [0.4, 0.5) is 0 Å². The summed E-state index contributed by atoms with van der Waals surface area (Å²) in [6.07, 6.45) is 0. The Morgan fingerprint density at radius 1 is 1.12 bits per heavy atom. The fourth-order valence-corrected chi connectivity index (χ4v) is 2.25. The van der Waals surface area contributed by atoms with Crippen molar-refractivity contribution in [2.24, 2.45) is 0 Å². The lowest BCUT2D eigenvalue weighted by Gasteiger charge is -2.28. The third kappa shape index (κ3) is 2.24. The average Bonchev–Trinajstić information content (AvgIpc) is 2.38. The number of likely N-dealkylation sites (N-methyl/N-ethyl adjacent to an activating group) is 1. The molecule has 1 fully saturated rings. The molecule has 1 saturated heterocycles. The Balaban J connectivity index is 0.00000128. The van der Waals surface area contributed by atoms with Gasteiger partial charge in [0.2, 0.25) is 0 Å². The Hall–Kier alpha value is -0.570. The molecule has 0 spiro atoms. The number of benzene rings is 1. The number of halogens is 1. The van der Waals surface area contributed by atoms with E-state index in [2.05, 4.69) is 57.0 Å². The fourth-order valence-electron chi connectivity index (χ4n) is 2.25. The second-order valence-electron chi connectivity index (χ2n) is 5.00. The van der Waals surface area contributed by atoms with Gasteiger partial charge in [-0.25, -0.2) is 0 Å². The number of hydrogen-bond acceptors (Lipinski definition) is 2. The van der Waals surface area contributed by atoms with Crippen molar-refractivity contribution in [2.75, 3.05) is 13.6 Å². The highest BCUT2D eigenvalue weighted by Crippen LogP contribution is 2.39. The van der Waals surface area contributed by atoms with E-state index < -0.39 is 0 Å². The van der Waals surface area contributed by atoms with E-state index in [-0.39, 0.29) is 23.7 Å². The van der Waals surface area contributed by atoms with E-state index in [9.17, 15) is 0 Å². The van der Waals surface area contributed by atoms with E-state index in [1.165, 1.54) is 5.56 Å². The van der Waals surface area contributed by atoms with Gasteiger partial charge in [-0.3, -0.25) is 4.90 Å². The summed E-state index contributed by atoms with van der Waals surface area (Å²) < 4.78 is 6.16. The van der Waals surface area contributed by atoms with E-state index in [0.717, 1.165) is 6.54 Å². The van der Waals surface area contributed by atoms with Gasteiger partial charge in [0.05, 0.1) is 0 Å². The van der Waals surface area contributed by atoms with Crippen molar-refractivity contribution in [2.45, 2.75) is 32.1 Å². The van der Waals surface area contributed by atoms with Crippen LogP contribution in [0.15, 0.2) is 30.3 Å². The van der Waals surface area contributed by atoms with Crippen molar-refractivity contribution < 1.29 is 4.74 Å². The molecule has 0 bridgehead atoms. The van der Waals surface area contributed by atoms with Crippen LogP contribution in [0.25, 0.3) is 0 Å². The molecule has 1 aliphatic rings. The predicted octanol–water partition coefficient (Wildman–Crippen LogP) is 3.02. The highest BCUT2D eigenvalue weighted by Gasteiger charge is 2.45. The Bertz CT molecular complexity index is 352. The highest BCUT2D eigenvalue weighted by atomic mass is 35.5. The number of hydrogen-bond donors (Lipinski definition) is 0. The standard InChI is InChI=1S/C13H19NO.ClH/c1-12(2)14(4)10-13(3,15-12)11-8-6-5-7-9-11;/h5-9H,10H2,1-4H3;1H. The highest BCUT2D eigenvalue weighted by molar-refractivity contribution is 5.85. The second kappa shape index (κ2) is 4.36. The fraction of sp³-hybridized carbons (Fsp3) is 0.538. The summed E-state index contributed by atoms with van der Waals surface area (Å²) in [5.74, 6) is 0. The van der Waals surface area contributed by atoms with Crippen molar-refractivity contribution in [1.82, 2.24) is 4.90 Å². The maximum absolute atomic E-state index is 6.16. The molecule has 1 aliphatic heterocycles. The number of ether oxygens (including phenoxy) is 1. The van der Waals surface area contributed by atoms with Crippen LogP contribution in [0.5, 0.6) is 0 Å². The molecule has 0 aromatic heterocycles. The summed E-state index contributed by atoms with van der Waals surface area (Å²) >= 11 is 0.